The average Bonchev–Trinajstić information content (AvgIpc) is 3.30. The van der Waals surface area contributed by atoms with Crippen molar-refractivity contribution in [3.63, 3.8) is 0 Å². The molecule has 1 aromatic carbocycles. The van der Waals surface area contributed by atoms with Crippen LogP contribution in [0.1, 0.15) is 50.8 Å². The summed E-state index contributed by atoms with van der Waals surface area (Å²) in [5.74, 6) is 0.00749. The standard InChI is InChI=1S/C23H31FN4O/c1-17-18(14-25-26(17)4)9-10-21(29)27-12-6-11-23(27)15-22(2,3)28(16-23)20-8-5-7-19(24)13-20/h5,7-8,13-14H,6,9-12,15-16H2,1-4H3. The highest BCUT2D eigenvalue weighted by molar-refractivity contribution is 5.78. The molecule has 2 saturated heterocycles. The average molecular weight is 399 g/mol. The van der Waals surface area contributed by atoms with Gasteiger partial charge in [-0.05, 0) is 70.2 Å². The molecule has 0 aliphatic carbocycles. The molecule has 2 aliphatic heterocycles. The molecule has 4 rings (SSSR count). The molecule has 1 spiro atoms. The van der Waals surface area contributed by atoms with E-state index in [0.29, 0.717) is 6.42 Å². The van der Waals surface area contributed by atoms with E-state index in [1.165, 1.54) is 6.07 Å². The Morgan fingerprint density at radius 3 is 2.79 bits per heavy atom. The van der Waals surface area contributed by atoms with Crippen LogP contribution in [0.2, 0.25) is 0 Å². The minimum absolute atomic E-state index is 0.128. The van der Waals surface area contributed by atoms with Crippen LogP contribution in [0.5, 0.6) is 0 Å². The van der Waals surface area contributed by atoms with Crippen LogP contribution < -0.4 is 4.90 Å². The summed E-state index contributed by atoms with van der Waals surface area (Å²) in [6.45, 7) is 8.03. The highest BCUT2D eigenvalue weighted by atomic mass is 19.1. The van der Waals surface area contributed by atoms with E-state index in [2.05, 4.69) is 28.7 Å². The van der Waals surface area contributed by atoms with Crippen molar-refractivity contribution in [2.24, 2.45) is 7.05 Å². The first-order chi connectivity index (χ1) is 13.7. The number of amides is 1. The maximum Gasteiger partial charge on any atom is 0.223 e. The first kappa shape index (κ1) is 19.9. The number of carbonyl (C=O) groups is 1. The van der Waals surface area contributed by atoms with E-state index < -0.39 is 0 Å². The molecule has 1 amide bonds. The quantitative estimate of drug-likeness (QED) is 0.786. The Hall–Kier alpha value is -2.37. The number of nitrogens with zero attached hydrogens (tertiary/aromatic N) is 4. The van der Waals surface area contributed by atoms with Gasteiger partial charge in [0.05, 0.1) is 11.7 Å². The number of aromatic nitrogens is 2. The Bertz CT molecular complexity index is 921. The number of rotatable bonds is 4. The van der Waals surface area contributed by atoms with Crippen LogP contribution >= 0.6 is 0 Å². The van der Waals surface area contributed by atoms with Gasteiger partial charge in [-0.3, -0.25) is 9.48 Å². The van der Waals surface area contributed by atoms with Gasteiger partial charge in [0.2, 0.25) is 5.91 Å². The molecule has 2 aromatic rings. The minimum Gasteiger partial charge on any atom is -0.364 e. The summed E-state index contributed by atoms with van der Waals surface area (Å²) in [5, 5.41) is 4.29. The van der Waals surface area contributed by atoms with Crippen molar-refractivity contribution >= 4 is 11.6 Å². The van der Waals surface area contributed by atoms with E-state index in [-0.39, 0.29) is 22.8 Å². The molecule has 2 fully saturated rings. The number of likely N-dealkylation sites (tertiary alicyclic amines) is 1. The maximum absolute atomic E-state index is 13.8. The molecule has 3 heterocycles. The summed E-state index contributed by atoms with van der Waals surface area (Å²) >= 11 is 0. The number of anilines is 1. The van der Waals surface area contributed by atoms with Gasteiger partial charge >= 0.3 is 0 Å². The van der Waals surface area contributed by atoms with E-state index in [1.54, 1.807) is 12.1 Å². The Kier molecular flexibility index (Phi) is 4.91. The molecule has 0 saturated carbocycles. The molecular weight excluding hydrogens is 367 g/mol. The number of hydrogen-bond acceptors (Lipinski definition) is 3. The zero-order valence-corrected chi connectivity index (χ0v) is 17.9. The normalized spacial score (nSPS) is 23.3. The highest BCUT2D eigenvalue weighted by Gasteiger charge is 2.54. The molecule has 5 nitrogen and oxygen atoms in total. The first-order valence-corrected chi connectivity index (χ1v) is 10.5. The third-order valence-electron chi connectivity index (χ3n) is 6.91. The van der Waals surface area contributed by atoms with E-state index in [1.807, 2.05) is 30.9 Å². The summed E-state index contributed by atoms with van der Waals surface area (Å²) < 4.78 is 15.7. The lowest BCUT2D eigenvalue weighted by atomic mass is 9.87. The van der Waals surface area contributed by atoms with Gasteiger partial charge in [-0.25, -0.2) is 4.39 Å². The molecule has 2 aliphatic rings. The second-order valence-corrected chi connectivity index (χ2v) is 9.31. The van der Waals surface area contributed by atoms with E-state index in [9.17, 15) is 9.18 Å². The molecule has 1 unspecified atom stereocenters. The molecule has 6 heteroatoms. The van der Waals surface area contributed by atoms with Crippen LogP contribution in [0, 0.1) is 12.7 Å². The monoisotopic (exact) mass is 398 g/mol. The van der Waals surface area contributed by atoms with E-state index >= 15 is 0 Å². The van der Waals surface area contributed by atoms with E-state index in [0.717, 1.165) is 55.7 Å². The topological polar surface area (TPSA) is 41.4 Å². The zero-order valence-electron chi connectivity index (χ0n) is 17.9. The van der Waals surface area contributed by atoms with Gasteiger partial charge in [0.25, 0.3) is 0 Å². The van der Waals surface area contributed by atoms with Crippen LogP contribution in [0.4, 0.5) is 10.1 Å². The summed E-state index contributed by atoms with van der Waals surface area (Å²) in [7, 11) is 1.93. The largest absolute Gasteiger partial charge is 0.364 e. The second-order valence-electron chi connectivity index (χ2n) is 9.31. The number of hydrogen-bond donors (Lipinski definition) is 0. The molecule has 1 atom stereocenters. The SMILES string of the molecule is Cc1c(CCC(=O)N2CCCC23CN(c2cccc(F)c2)C(C)(C)C3)cnn1C. The fourth-order valence-electron chi connectivity index (χ4n) is 5.39. The lowest BCUT2D eigenvalue weighted by Crippen LogP contribution is -2.49. The summed E-state index contributed by atoms with van der Waals surface area (Å²) in [6.07, 6.45) is 6.06. The van der Waals surface area contributed by atoms with Crippen LogP contribution in [0.3, 0.4) is 0 Å². The van der Waals surface area contributed by atoms with Gasteiger partial charge in [-0.15, -0.1) is 0 Å². The third-order valence-corrected chi connectivity index (χ3v) is 6.91. The molecule has 0 radical (unpaired) electrons. The summed E-state index contributed by atoms with van der Waals surface area (Å²) in [5.41, 5.74) is 2.88. The van der Waals surface area contributed by atoms with Crippen molar-refractivity contribution < 1.29 is 9.18 Å². The van der Waals surface area contributed by atoms with Crippen molar-refractivity contribution in [3.05, 3.63) is 47.5 Å². The smallest absolute Gasteiger partial charge is 0.223 e. The Labute approximate surface area is 172 Å². The van der Waals surface area contributed by atoms with Crippen LogP contribution in [-0.4, -0.2) is 44.8 Å². The maximum atomic E-state index is 13.8. The minimum atomic E-state index is -0.217. The Morgan fingerprint density at radius 1 is 1.31 bits per heavy atom. The Morgan fingerprint density at radius 2 is 2.10 bits per heavy atom. The van der Waals surface area contributed by atoms with Crippen molar-refractivity contribution in [2.75, 3.05) is 18.0 Å². The predicted molar refractivity (Wildman–Crippen MR) is 112 cm³/mol. The first-order valence-electron chi connectivity index (χ1n) is 10.5. The predicted octanol–water partition coefficient (Wildman–Crippen LogP) is 3.85. The van der Waals surface area contributed by atoms with Crippen molar-refractivity contribution in [1.82, 2.24) is 14.7 Å². The molecule has 0 N–H and O–H groups in total. The molecule has 1 aromatic heterocycles. The fourth-order valence-corrected chi connectivity index (χ4v) is 5.39. The summed E-state index contributed by atoms with van der Waals surface area (Å²) in [4.78, 5) is 17.6. The molecule has 0 bridgehead atoms. The van der Waals surface area contributed by atoms with Crippen LogP contribution in [-0.2, 0) is 18.3 Å². The van der Waals surface area contributed by atoms with Crippen molar-refractivity contribution in [2.45, 2.75) is 64.0 Å². The van der Waals surface area contributed by atoms with Gasteiger partial charge in [-0.2, -0.15) is 5.10 Å². The van der Waals surface area contributed by atoms with Gasteiger partial charge < -0.3 is 9.80 Å². The van der Waals surface area contributed by atoms with Gasteiger partial charge in [0, 0.05) is 43.5 Å². The fraction of sp³-hybridized carbons (Fsp3) is 0.565. The number of benzene rings is 1. The number of aryl methyl sites for hydroxylation is 2. The molecule has 156 valence electrons. The van der Waals surface area contributed by atoms with Crippen molar-refractivity contribution in [1.29, 1.82) is 0 Å². The lowest BCUT2D eigenvalue weighted by Gasteiger charge is -2.35. The molecular formula is C23H31FN4O. The van der Waals surface area contributed by atoms with E-state index in [4.69, 9.17) is 0 Å². The van der Waals surface area contributed by atoms with Gasteiger partial charge in [0.1, 0.15) is 5.82 Å². The number of carbonyl (C=O) groups excluding carboxylic acids is 1. The number of halogens is 1. The van der Waals surface area contributed by atoms with Gasteiger partial charge in [0.15, 0.2) is 0 Å². The highest BCUT2D eigenvalue weighted by Crippen LogP contribution is 2.47. The van der Waals surface area contributed by atoms with Crippen LogP contribution in [0.15, 0.2) is 30.5 Å². The van der Waals surface area contributed by atoms with Crippen LogP contribution in [0.25, 0.3) is 0 Å². The third kappa shape index (κ3) is 3.53. The molecule has 29 heavy (non-hydrogen) atoms. The second kappa shape index (κ2) is 7.15. The lowest BCUT2D eigenvalue weighted by molar-refractivity contribution is -0.134. The van der Waals surface area contributed by atoms with Crippen molar-refractivity contribution in [3.8, 4) is 0 Å². The zero-order chi connectivity index (χ0) is 20.8. The van der Waals surface area contributed by atoms with Gasteiger partial charge in [-0.1, -0.05) is 6.07 Å². The summed E-state index contributed by atoms with van der Waals surface area (Å²) in [6, 6.07) is 6.82. The Balaban J connectivity index is 1.52.